The molecule has 0 radical (unpaired) electrons. The zero-order valence-electron chi connectivity index (χ0n) is 11.8. The summed E-state index contributed by atoms with van der Waals surface area (Å²) in [4.78, 5) is 17.5. The lowest BCUT2D eigenvalue weighted by Crippen LogP contribution is -2.41. The summed E-state index contributed by atoms with van der Waals surface area (Å²) in [5, 5.41) is 17.3. The first kappa shape index (κ1) is 13.7. The van der Waals surface area contributed by atoms with Gasteiger partial charge in [0.25, 0.3) is 0 Å². The van der Waals surface area contributed by atoms with E-state index in [0.29, 0.717) is 12.4 Å². The van der Waals surface area contributed by atoms with Crippen molar-refractivity contribution in [2.24, 2.45) is 0 Å². The number of anilines is 1. The second-order valence-corrected chi connectivity index (χ2v) is 5.38. The van der Waals surface area contributed by atoms with Crippen molar-refractivity contribution in [1.29, 1.82) is 0 Å². The van der Waals surface area contributed by atoms with Crippen LogP contribution in [0.2, 0.25) is 0 Å². The highest BCUT2D eigenvalue weighted by atomic mass is 16.4. The largest absolute Gasteiger partial charge is 0.481 e. The molecule has 6 nitrogen and oxygen atoms in total. The van der Waals surface area contributed by atoms with E-state index in [1.807, 2.05) is 24.3 Å². The summed E-state index contributed by atoms with van der Waals surface area (Å²) >= 11 is 0. The van der Waals surface area contributed by atoms with Crippen LogP contribution in [0.1, 0.15) is 32.1 Å². The van der Waals surface area contributed by atoms with Crippen molar-refractivity contribution in [3.8, 4) is 0 Å². The van der Waals surface area contributed by atoms with Gasteiger partial charge in [0.05, 0.1) is 5.52 Å². The van der Waals surface area contributed by atoms with Gasteiger partial charge in [-0.15, -0.1) is 10.2 Å². The lowest BCUT2D eigenvalue weighted by atomic mass is 9.98. The van der Waals surface area contributed by atoms with E-state index in [-0.39, 0.29) is 12.5 Å². The molecule has 2 aromatic rings. The summed E-state index contributed by atoms with van der Waals surface area (Å²) in [7, 11) is 0. The molecule has 21 heavy (non-hydrogen) atoms. The molecule has 0 spiro atoms. The molecule has 1 atom stereocenters. The Morgan fingerprint density at radius 3 is 2.86 bits per heavy atom. The third-order valence-corrected chi connectivity index (χ3v) is 3.92. The highest BCUT2D eigenvalue weighted by Gasteiger charge is 2.25. The fourth-order valence-electron chi connectivity index (χ4n) is 2.85. The average Bonchev–Trinajstić information content (AvgIpc) is 2.52. The van der Waals surface area contributed by atoms with Gasteiger partial charge in [-0.05, 0) is 37.8 Å². The number of nitrogens with zero attached hydrogens (tertiary/aromatic N) is 4. The predicted molar refractivity (Wildman–Crippen MR) is 79.2 cm³/mol. The minimum absolute atomic E-state index is 0.183. The molecule has 0 saturated carbocycles. The smallest absolute Gasteiger partial charge is 0.303 e. The number of aliphatic carboxylic acids is 1. The molecular weight excluding hydrogens is 268 g/mol. The van der Waals surface area contributed by atoms with Crippen LogP contribution in [0.4, 0.5) is 5.95 Å². The maximum atomic E-state index is 10.8. The second kappa shape index (κ2) is 6.03. The number of hydrogen-bond acceptors (Lipinski definition) is 5. The Kier molecular flexibility index (Phi) is 3.94. The van der Waals surface area contributed by atoms with E-state index < -0.39 is 5.97 Å². The molecule has 0 aliphatic carbocycles. The number of para-hydroxylation sites is 1. The SMILES string of the molecule is O=C(O)CCC1CCCCN1c1nnc2ccccc2n1. The van der Waals surface area contributed by atoms with Gasteiger partial charge in [-0.25, -0.2) is 4.98 Å². The zero-order valence-corrected chi connectivity index (χ0v) is 11.8. The fourth-order valence-corrected chi connectivity index (χ4v) is 2.85. The first-order valence-corrected chi connectivity index (χ1v) is 7.32. The van der Waals surface area contributed by atoms with E-state index in [0.717, 1.165) is 36.8 Å². The van der Waals surface area contributed by atoms with E-state index >= 15 is 0 Å². The molecule has 1 unspecified atom stereocenters. The molecule has 1 aliphatic rings. The van der Waals surface area contributed by atoms with Crippen LogP contribution in [0.15, 0.2) is 24.3 Å². The van der Waals surface area contributed by atoms with Crippen LogP contribution < -0.4 is 4.90 Å². The molecule has 0 bridgehead atoms. The number of piperidine rings is 1. The third kappa shape index (κ3) is 3.09. The topological polar surface area (TPSA) is 79.2 Å². The predicted octanol–water partition coefficient (Wildman–Crippen LogP) is 2.25. The summed E-state index contributed by atoms with van der Waals surface area (Å²) < 4.78 is 0. The first-order chi connectivity index (χ1) is 10.2. The van der Waals surface area contributed by atoms with Crippen molar-refractivity contribution in [2.75, 3.05) is 11.4 Å². The number of hydrogen-bond donors (Lipinski definition) is 1. The number of carbonyl (C=O) groups is 1. The van der Waals surface area contributed by atoms with Crippen molar-refractivity contribution >= 4 is 23.0 Å². The molecule has 110 valence electrons. The lowest BCUT2D eigenvalue weighted by Gasteiger charge is -2.35. The third-order valence-electron chi connectivity index (χ3n) is 3.92. The van der Waals surface area contributed by atoms with E-state index in [1.54, 1.807) is 0 Å². The second-order valence-electron chi connectivity index (χ2n) is 5.38. The quantitative estimate of drug-likeness (QED) is 0.928. The molecule has 1 aliphatic heterocycles. The Morgan fingerprint density at radius 1 is 1.24 bits per heavy atom. The molecule has 2 heterocycles. The van der Waals surface area contributed by atoms with Gasteiger partial charge < -0.3 is 10.0 Å². The van der Waals surface area contributed by atoms with Gasteiger partial charge in [-0.2, -0.15) is 0 Å². The van der Waals surface area contributed by atoms with Gasteiger partial charge in [-0.3, -0.25) is 4.79 Å². The van der Waals surface area contributed by atoms with Crippen molar-refractivity contribution in [1.82, 2.24) is 15.2 Å². The van der Waals surface area contributed by atoms with E-state index in [1.165, 1.54) is 0 Å². The maximum Gasteiger partial charge on any atom is 0.303 e. The average molecular weight is 286 g/mol. The molecule has 6 heteroatoms. The molecular formula is C15H18N4O2. The van der Waals surface area contributed by atoms with Gasteiger partial charge in [0.15, 0.2) is 0 Å². The van der Waals surface area contributed by atoms with Gasteiger partial charge in [0.2, 0.25) is 5.95 Å². The summed E-state index contributed by atoms with van der Waals surface area (Å²) in [6, 6.07) is 7.84. The number of carboxylic acids is 1. The summed E-state index contributed by atoms with van der Waals surface area (Å²) in [6.07, 6.45) is 4.01. The Balaban J connectivity index is 1.85. The number of fused-ring (bicyclic) bond motifs is 1. The Labute approximate surface area is 122 Å². The minimum atomic E-state index is -0.752. The van der Waals surface area contributed by atoms with Crippen molar-refractivity contribution < 1.29 is 9.90 Å². The maximum absolute atomic E-state index is 10.8. The summed E-state index contributed by atoms with van der Waals surface area (Å²) in [5.74, 6) is -0.137. The summed E-state index contributed by atoms with van der Waals surface area (Å²) in [6.45, 7) is 0.865. The number of rotatable bonds is 4. The normalized spacial score (nSPS) is 18.9. The van der Waals surface area contributed by atoms with E-state index in [4.69, 9.17) is 5.11 Å². The molecule has 3 rings (SSSR count). The monoisotopic (exact) mass is 286 g/mol. The lowest BCUT2D eigenvalue weighted by molar-refractivity contribution is -0.137. The Morgan fingerprint density at radius 2 is 2.05 bits per heavy atom. The molecule has 1 N–H and O–H groups in total. The number of benzene rings is 1. The Bertz CT molecular complexity index is 646. The van der Waals surface area contributed by atoms with Crippen LogP contribution in [-0.2, 0) is 4.79 Å². The van der Waals surface area contributed by atoms with Gasteiger partial charge in [-0.1, -0.05) is 12.1 Å². The van der Waals surface area contributed by atoms with Crippen LogP contribution >= 0.6 is 0 Å². The van der Waals surface area contributed by atoms with E-state index in [9.17, 15) is 4.79 Å². The molecule has 1 aromatic carbocycles. The molecule has 1 aromatic heterocycles. The first-order valence-electron chi connectivity index (χ1n) is 7.32. The molecule has 0 amide bonds. The molecule has 1 saturated heterocycles. The number of aromatic nitrogens is 3. The van der Waals surface area contributed by atoms with Crippen LogP contribution in [-0.4, -0.2) is 38.8 Å². The van der Waals surface area contributed by atoms with Crippen LogP contribution in [0, 0.1) is 0 Å². The standard InChI is InChI=1S/C15H18N4O2/c20-14(21)9-8-11-5-3-4-10-19(11)15-16-12-6-1-2-7-13(12)17-18-15/h1-2,6-7,11H,3-5,8-10H2,(H,20,21). The van der Waals surface area contributed by atoms with Crippen molar-refractivity contribution in [3.05, 3.63) is 24.3 Å². The van der Waals surface area contributed by atoms with Gasteiger partial charge in [0.1, 0.15) is 5.52 Å². The Hall–Kier alpha value is -2.24. The van der Waals surface area contributed by atoms with Crippen LogP contribution in [0.3, 0.4) is 0 Å². The van der Waals surface area contributed by atoms with Gasteiger partial charge in [0, 0.05) is 19.0 Å². The van der Waals surface area contributed by atoms with Gasteiger partial charge >= 0.3 is 5.97 Å². The van der Waals surface area contributed by atoms with Crippen LogP contribution in [0.5, 0.6) is 0 Å². The highest BCUT2D eigenvalue weighted by Crippen LogP contribution is 2.25. The van der Waals surface area contributed by atoms with Crippen molar-refractivity contribution in [3.63, 3.8) is 0 Å². The zero-order chi connectivity index (χ0) is 14.7. The molecule has 1 fully saturated rings. The minimum Gasteiger partial charge on any atom is -0.481 e. The van der Waals surface area contributed by atoms with E-state index in [2.05, 4.69) is 20.1 Å². The van der Waals surface area contributed by atoms with Crippen LogP contribution in [0.25, 0.3) is 11.0 Å². The highest BCUT2D eigenvalue weighted by molar-refractivity contribution is 5.74. The van der Waals surface area contributed by atoms with Crippen molar-refractivity contribution in [2.45, 2.75) is 38.1 Å². The number of carboxylic acid groups (broad SMARTS) is 1. The fraction of sp³-hybridized carbons (Fsp3) is 0.467. The summed E-state index contributed by atoms with van der Waals surface area (Å²) in [5.41, 5.74) is 1.60.